The number of carbonyl (C=O) groups is 2. The first-order chi connectivity index (χ1) is 13.2. The highest BCUT2D eigenvalue weighted by Gasteiger charge is 2.68. The Balaban J connectivity index is 1.68. The lowest BCUT2D eigenvalue weighted by molar-refractivity contribution is -1.20. The second-order valence-corrected chi connectivity index (χ2v) is 6.39. The molecule has 130 valence electrons. The normalized spacial score (nSPS) is 17.8. The van der Waals surface area contributed by atoms with E-state index in [0.717, 1.165) is 0 Å². The minimum atomic E-state index is -0.842. The largest absolute Gasteiger partial charge is 0.319 e. The van der Waals surface area contributed by atoms with Gasteiger partial charge in [-0.3, -0.25) is 9.59 Å². The fourth-order valence-corrected chi connectivity index (χ4v) is 3.74. The summed E-state index contributed by atoms with van der Waals surface area (Å²) >= 11 is 0. The molecule has 3 aliphatic rings. The second-order valence-electron chi connectivity index (χ2n) is 6.39. The minimum absolute atomic E-state index is 0.306. The second kappa shape index (κ2) is 4.66. The molecule has 0 aromatic heterocycles. The molecule has 0 aliphatic carbocycles. The molecule has 0 atom stereocenters. The first-order valence-corrected chi connectivity index (χ1v) is 8.46. The minimum Gasteiger partial charge on any atom is -0.263 e. The zero-order valence-corrected chi connectivity index (χ0v) is 13.9. The number of hydrogen-bond donors (Lipinski definition) is 0. The third-order valence-electron chi connectivity index (χ3n) is 4.90. The number of hydrogen-bond acceptors (Lipinski definition) is 4. The summed E-state index contributed by atoms with van der Waals surface area (Å²) in [4.78, 5) is 39.0. The van der Waals surface area contributed by atoms with Gasteiger partial charge in [-0.25, -0.2) is 9.68 Å². The molecule has 0 saturated heterocycles. The lowest BCUT2D eigenvalue weighted by Crippen LogP contribution is -2.75. The van der Waals surface area contributed by atoms with Crippen molar-refractivity contribution in [2.45, 2.75) is 0 Å². The molecule has 6 rings (SSSR count). The van der Waals surface area contributed by atoms with Gasteiger partial charge in [0.05, 0.1) is 11.1 Å². The van der Waals surface area contributed by atoms with E-state index >= 15 is 0 Å². The van der Waals surface area contributed by atoms with Gasteiger partial charge in [0.25, 0.3) is 5.03 Å². The van der Waals surface area contributed by atoms with E-state index in [1.807, 2.05) is 0 Å². The van der Waals surface area contributed by atoms with Crippen LogP contribution in [0.5, 0.6) is 11.5 Å². The summed E-state index contributed by atoms with van der Waals surface area (Å²) in [5.74, 6) is 0.0884. The van der Waals surface area contributed by atoms with Crippen molar-refractivity contribution >= 4 is 23.2 Å². The third kappa shape index (κ3) is 1.59. The number of nitrogens with zero attached hydrogens (tertiary/aromatic N) is 3. The van der Waals surface area contributed by atoms with Crippen LogP contribution in [0.3, 0.4) is 0 Å². The molecule has 0 radical (unpaired) electrons. The van der Waals surface area contributed by atoms with E-state index in [-0.39, 0.29) is 11.8 Å². The van der Waals surface area contributed by atoms with Crippen LogP contribution in [0.15, 0.2) is 72.8 Å². The van der Waals surface area contributed by atoms with Gasteiger partial charge in [-0.05, 0) is 46.4 Å². The van der Waals surface area contributed by atoms with Gasteiger partial charge in [-0.1, -0.05) is 36.4 Å². The Kier molecular flexibility index (Phi) is 2.47. The van der Waals surface area contributed by atoms with Crippen molar-refractivity contribution in [2.24, 2.45) is 0 Å². The monoisotopic (exact) mass is 358 g/mol. The van der Waals surface area contributed by atoms with Gasteiger partial charge in [-0.2, -0.15) is 0 Å². The van der Waals surface area contributed by atoms with Crippen LogP contribution in [0.25, 0.3) is 0 Å². The Morgan fingerprint density at radius 2 is 1.00 bits per heavy atom. The van der Waals surface area contributed by atoms with Gasteiger partial charge in [0.15, 0.2) is 0 Å². The Hall–Kier alpha value is -3.84. The van der Waals surface area contributed by atoms with Crippen LogP contribution in [-0.4, -0.2) is 16.8 Å². The van der Waals surface area contributed by atoms with Crippen molar-refractivity contribution in [3.8, 4) is 11.5 Å². The van der Waals surface area contributed by atoms with Crippen LogP contribution in [0.2, 0.25) is 0 Å². The van der Waals surface area contributed by atoms with E-state index < -0.39 is 5.03 Å². The van der Waals surface area contributed by atoms with Crippen molar-refractivity contribution < 1.29 is 24.3 Å². The van der Waals surface area contributed by atoms with E-state index in [4.69, 9.17) is 9.68 Å². The molecule has 7 heteroatoms. The topological polar surface area (TPSA) is 59.1 Å². The lowest BCUT2D eigenvalue weighted by Gasteiger charge is -2.41. The predicted molar refractivity (Wildman–Crippen MR) is 94.5 cm³/mol. The van der Waals surface area contributed by atoms with E-state index in [0.29, 0.717) is 34.0 Å². The summed E-state index contributed by atoms with van der Waals surface area (Å²) < 4.78 is 0. The number of carbonyl (C=O) groups excluding carboxylic acids is 2. The first kappa shape index (κ1) is 14.3. The maximum Gasteiger partial charge on any atom is 0.319 e. The van der Waals surface area contributed by atoms with Gasteiger partial charge in [0.2, 0.25) is 11.5 Å². The number of anilines is 2. The predicted octanol–water partition coefficient (Wildman–Crippen LogP) is 3.26. The molecule has 1 spiro atoms. The quantitative estimate of drug-likeness (QED) is 0.579. The molecule has 2 amide bonds. The van der Waals surface area contributed by atoms with E-state index in [1.165, 1.54) is 10.0 Å². The summed E-state index contributed by atoms with van der Waals surface area (Å²) in [5, 5.41) is 1.86. The highest BCUT2D eigenvalue weighted by Crippen LogP contribution is 2.51. The standard InChI is InChI=1S/C20H12N3O4/c24-19-13-7-1-5-11-17(13)26-23-21(19)15-9-3-4-10-16(15)22(23)20(25)14-8-2-6-12-18(14)27-23/h1-12H/q+1. The highest BCUT2D eigenvalue weighted by molar-refractivity contribution is 6.15. The summed E-state index contributed by atoms with van der Waals surface area (Å²) in [7, 11) is 0. The highest BCUT2D eigenvalue weighted by atomic mass is 17.1. The van der Waals surface area contributed by atoms with Crippen LogP contribution in [0.1, 0.15) is 20.7 Å². The molecule has 0 saturated carbocycles. The van der Waals surface area contributed by atoms with Crippen LogP contribution >= 0.6 is 0 Å². The summed E-state index contributed by atoms with van der Waals surface area (Å²) in [5.41, 5.74) is 1.90. The lowest BCUT2D eigenvalue weighted by atomic mass is 10.1. The van der Waals surface area contributed by atoms with Gasteiger partial charge in [0.1, 0.15) is 11.4 Å². The molecule has 3 aromatic rings. The molecule has 0 unspecified atom stereocenters. The van der Waals surface area contributed by atoms with Gasteiger partial charge in [-0.15, -0.1) is 0 Å². The summed E-state index contributed by atoms with van der Waals surface area (Å²) in [6.07, 6.45) is 0. The van der Waals surface area contributed by atoms with Gasteiger partial charge < -0.3 is 0 Å². The zero-order valence-electron chi connectivity index (χ0n) is 13.9. The fourth-order valence-electron chi connectivity index (χ4n) is 3.74. The molecule has 3 heterocycles. The Bertz CT molecular complexity index is 1070. The maximum absolute atomic E-state index is 13.3. The molecule has 3 aromatic carbocycles. The van der Waals surface area contributed by atoms with Crippen molar-refractivity contribution in [2.75, 3.05) is 10.0 Å². The van der Waals surface area contributed by atoms with E-state index in [2.05, 4.69) is 0 Å². The number of benzene rings is 3. The van der Waals surface area contributed by atoms with Crippen LogP contribution in [-0.2, 0) is 0 Å². The number of rotatable bonds is 0. The van der Waals surface area contributed by atoms with Crippen LogP contribution in [0, 0.1) is 0 Å². The van der Waals surface area contributed by atoms with E-state index in [1.54, 1.807) is 72.8 Å². The average molecular weight is 358 g/mol. The van der Waals surface area contributed by atoms with Crippen molar-refractivity contribution in [1.29, 1.82) is 0 Å². The van der Waals surface area contributed by atoms with Crippen molar-refractivity contribution in [3.63, 3.8) is 0 Å². The van der Waals surface area contributed by atoms with Gasteiger partial charge in [0, 0.05) is 0 Å². The van der Waals surface area contributed by atoms with Gasteiger partial charge >= 0.3 is 11.8 Å². The Labute approximate surface area is 153 Å². The Morgan fingerprint density at radius 1 is 0.593 bits per heavy atom. The SMILES string of the molecule is O=C1c2ccccc2O[N+]23Oc4ccccc4C(=O)N2c2ccccc2N13. The molecule has 3 aliphatic heterocycles. The fraction of sp³-hybridized carbons (Fsp3) is 0. The first-order valence-electron chi connectivity index (χ1n) is 8.46. The van der Waals surface area contributed by atoms with Crippen LogP contribution in [0.4, 0.5) is 11.4 Å². The Morgan fingerprint density at radius 3 is 1.48 bits per heavy atom. The third-order valence-corrected chi connectivity index (χ3v) is 4.90. The summed E-state index contributed by atoms with van der Waals surface area (Å²) in [6, 6.07) is 21.0. The molecule has 0 bridgehead atoms. The van der Waals surface area contributed by atoms with Crippen LogP contribution < -0.4 is 19.7 Å². The number of amides is 2. The maximum atomic E-state index is 13.3. The smallest absolute Gasteiger partial charge is 0.263 e. The molecule has 0 N–H and O–H groups in total. The molecular formula is C20H12N3O4+. The van der Waals surface area contributed by atoms with E-state index in [9.17, 15) is 9.59 Å². The number of quaternary nitrogens is 1. The average Bonchev–Trinajstić information content (AvgIpc) is 2.98. The van der Waals surface area contributed by atoms with Crippen molar-refractivity contribution in [1.82, 2.24) is 0 Å². The molecule has 0 fully saturated rings. The molecular weight excluding hydrogens is 346 g/mol. The number of para-hydroxylation sites is 4. The van der Waals surface area contributed by atoms with Crippen molar-refractivity contribution in [3.05, 3.63) is 83.9 Å². The zero-order chi connectivity index (χ0) is 18.2. The summed E-state index contributed by atoms with van der Waals surface area (Å²) in [6.45, 7) is 0. The number of fused-ring (bicyclic) bond motifs is 5. The molecule has 27 heavy (non-hydrogen) atoms. The molecule has 7 nitrogen and oxygen atoms in total.